The number of benzene rings is 1. The number of hydrogen-bond acceptors (Lipinski definition) is 9. The highest BCUT2D eigenvalue weighted by atomic mass is 16.3. The van der Waals surface area contributed by atoms with Crippen molar-refractivity contribution in [3.63, 3.8) is 0 Å². The first-order valence-electron chi connectivity index (χ1n) is 11.0. The third kappa shape index (κ3) is 3.38. The highest BCUT2D eigenvalue weighted by Crippen LogP contribution is 2.52. The van der Waals surface area contributed by atoms with E-state index in [0.29, 0.717) is 11.1 Å². The molecule has 184 valence electrons. The van der Waals surface area contributed by atoms with Crippen LogP contribution in [-0.2, 0) is 20.8 Å². The van der Waals surface area contributed by atoms with E-state index in [2.05, 4.69) is 12.0 Å². The maximum atomic E-state index is 13.7. The molecule has 0 heterocycles. The number of hydrogen-bond donors (Lipinski definition) is 5. The normalized spacial score (nSPS) is 27.7. The van der Waals surface area contributed by atoms with Crippen molar-refractivity contribution < 1.29 is 34.8 Å². The number of nitrogens with two attached hydrogens (primary N) is 1. The number of amides is 1. The van der Waals surface area contributed by atoms with E-state index in [9.17, 15) is 34.8 Å². The van der Waals surface area contributed by atoms with Gasteiger partial charge in [0.05, 0.1) is 11.6 Å². The van der Waals surface area contributed by atoms with Crippen molar-refractivity contribution >= 4 is 23.2 Å². The fourth-order valence-electron chi connectivity index (χ4n) is 5.53. The number of phenolic OH excluding ortho intramolecular Hbond substituents is 1. The maximum absolute atomic E-state index is 13.7. The van der Waals surface area contributed by atoms with Crippen LogP contribution in [0.3, 0.4) is 0 Å². The first-order chi connectivity index (χ1) is 16.3. The van der Waals surface area contributed by atoms with E-state index in [-0.39, 0.29) is 29.7 Å². The van der Waals surface area contributed by atoms with E-state index in [1.165, 1.54) is 11.0 Å². The maximum Gasteiger partial charge on any atom is 0.255 e. The fourth-order valence-corrected chi connectivity index (χ4v) is 5.53. The zero-order valence-corrected chi connectivity index (χ0v) is 19.8. The summed E-state index contributed by atoms with van der Waals surface area (Å²) in [7, 11) is 6.64. The number of phenols is 1. The number of aliphatic hydroxyl groups is 3. The molecule has 1 fully saturated rings. The largest absolute Gasteiger partial charge is 0.508 e. The lowest BCUT2D eigenvalue weighted by atomic mass is 9.57. The summed E-state index contributed by atoms with van der Waals surface area (Å²) in [5.74, 6) is -3.78. The Morgan fingerprint density at radius 3 is 2.37 bits per heavy atom. The Morgan fingerprint density at radius 2 is 1.80 bits per heavy atom. The number of primary amides is 1. The van der Waals surface area contributed by atoms with Crippen LogP contribution in [0.2, 0.25) is 0 Å². The Morgan fingerprint density at radius 1 is 1.14 bits per heavy atom. The molecule has 4 atom stereocenters. The van der Waals surface area contributed by atoms with Crippen LogP contribution in [-0.4, -0.2) is 87.5 Å². The molecule has 3 aliphatic rings. The van der Waals surface area contributed by atoms with Gasteiger partial charge >= 0.3 is 0 Å². The van der Waals surface area contributed by atoms with Crippen LogP contribution in [0.5, 0.6) is 5.75 Å². The summed E-state index contributed by atoms with van der Waals surface area (Å²) in [6.45, 7) is 0. The van der Waals surface area contributed by atoms with E-state index in [1.54, 1.807) is 39.2 Å². The summed E-state index contributed by atoms with van der Waals surface area (Å²) >= 11 is 0. The minimum atomic E-state index is -2.65. The van der Waals surface area contributed by atoms with Gasteiger partial charge in [0.1, 0.15) is 22.8 Å². The Labute approximate surface area is 201 Å². The number of aliphatic hydroxyl groups excluding tert-OH is 2. The van der Waals surface area contributed by atoms with E-state index in [4.69, 9.17) is 5.73 Å². The highest BCUT2D eigenvalue weighted by Gasteiger charge is 2.64. The summed E-state index contributed by atoms with van der Waals surface area (Å²) in [5, 5.41) is 44.1. The molecule has 0 bridgehead atoms. The van der Waals surface area contributed by atoms with Crippen molar-refractivity contribution in [3.8, 4) is 17.7 Å². The van der Waals surface area contributed by atoms with Gasteiger partial charge < -0.3 is 31.1 Å². The van der Waals surface area contributed by atoms with E-state index in [0.717, 1.165) is 0 Å². The third-order valence-electron chi connectivity index (χ3n) is 7.02. The van der Waals surface area contributed by atoms with Gasteiger partial charge in [-0.1, -0.05) is 0 Å². The molecule has 0 aromatic heterocycles. The highest BCUT2D eigenvalue weighted by molar-refractivity contribution is 6.24. The average molecular weight is 482 g/mol. The van der Waals surface area contributed by atoms with Crippen LogP contribution in [0.4, 0.5) is 0 Å². The molecule has 35 heavy (non-hydrogen) atoms. The number of ketones is 2. The number of fused-ring (bicyclic) bond motifs is 3. The van der Waals surface area contributed by atoms with E-state index >= 15 is 0 Å². The second-order valence-corrected chi connectivity index (χ2v) is 9.58. The Hall–Kier alpha value is -3.81. The van der Waals surface area contributed by atoms with Crippen LogP contribution < -0.4 is 5.73 Å². The minimum Gasteiger partial charge on any atom is -0.508 e. The lowest BCUT2D eigenvalue weighted by molar-refractivity contribution is -0.153. The van der Waals surface area contributed by atoms with Gasteiger partial charge in [-0.25, -0.2) is 0 Å². The van der Waals surface area contributed by atoms with Crippen molar-refractivity contribution in [1.82, 2.24) is 9.80 Å². The average Bonchev–Trinajstić information content (AvgIpc) is 2.75. The van der Waals surface area contributed by atoms with Crippen molar-refractivity contribution in [3.05, 3.63) is 45.7 Å². The number of likely N-dealkylation sites (N-methyl/N-ethyl adjacent to an activating group) is 1. The second kappa shape index (κ2) is 8.15. The van der Waals surface area contributed by atoms with E-state index in [1.807, 2.05) is 0 Å². The van der Waals surface area contributed by atoms with Crippen molar-refractivity contribution in [1.29, 1.82) is 0 Å². The van der Waals surface area contributed by atoms with Crippen LogP contribution in [0.1, 0.15) is 23.1 Å². The van der Waals surface area contributed by atoms with Gasteiger partial charge in [-0.15, -0.1) is 0 Å². The molecular formula is C25H27N3O7. The van der Waals surface area contributed by atoms with Gasteiger partial charge in [-0.05, 0) is 56.5 Å². The Balaban J connectivity index is 1.97. The van der Waals surface area contributed by atoms with E-state index < -0.39 is 58.0 Å². The number of Topliss-reactive ketones (excluding diaryl/α,β-unsaturated/α-hetero) is 2. The van der Waals surface area contributed by atoms with Crippen molar-refractivity contribution in [2.75, 3.05) is 28.2 Å². The number of carbonyl (C=O) groups excluding carboxylic acids is 3. The zero-order valence-electron chi connectivity index (χ0n) is 19.8. The SMILES string of the molecule is CN(C)C#Cc1ccc(O)c2c1C[C@H]1C[C@H]3[C@H](N(C)C)C(=O)C(C(N)=O)=C(O)[C@@]3(O)C(=O)C1=C2O. The molecule has 3 aliphatic carbocycles. The molecule has 1 aromatic carbocycles. The topological polar surface area (TPSA) is 165 Å². The fraction of sp³-hybridized carbons (Fsp3) is 0.400. The van der Waals surface area contributed by atoms with Crippen LogP contribution >= 0.6 is 0 Å². The lowest BCUT2D eigenvalue weighted by Crippen LogP contribution is -2.65. The quantitative estimate of drug-likeness (QED) is 0.219. The van der Waals surface area contributed by atoms with Crippen LogP contribution in [0.25, 0.3) is 5.76 Å². The molecule has 1 saturated carbocycles. The van der Waals surface area contributed by atoms with Gasteiger partial charge in [0.25, 0.3) is 5.91 Å². The lowest BCUT2D eigenvalue weighted by Gasteiger charge is -2.50. The molecule has 4 rings (SSSR count). The van der Waals surface area contributed by atoms with Gasteiger partial charge in [0, 0.05) is 37.2 Å². The predicted molar refractivity (Wildman–Crippen MR) is 125 cm³/mol. The molecule has 0 radical (unpaired) electrons. The van der Waals surface area contributed by atoms with Crippen LogP contribution in [0.15, 0.2) is 29.0 Å². The summed E-state index contributed by atoms with van der Waals surface area (Å²) in [5.41, 5.74) is 2.74. The predicted octanol–water partition coefficient (Wildman–Crippen LogP) is -0.165. The molecule has 0 spiro atoms. The summed E-state index contributed by atoms with van der Waals surface area (Å²) in [6, 6.07) is 4.74. The third-order valence-corrected chi connectivity index (χ3v) is 7.02. The van der Waals surface area contributed by atoms with Gasteiger partial charge in [0.15, 0.2) is 11.4 Å². The Kier molecular flexibility index (Phi) is 5.66. The summed E-state index contributed by atoms with van der Waals surface area (Å²) < 4.78 is 0. The summed E-state index contributed by atoms with van der Waals surface area (Å²) in [6.07, 6.45) is 0.225. The van der Waals surface area contributed by atoms with Crippen molar-refractivity contribution in [2.45, 2.75) is 24.5 Å². The molecular weight excluding hydrogens is 454 g/mol. The van der Waals surface area contributed by atoms with Gasteiger partial charge in [0.2, 0.25) is 5.78 Å². The monoisotopic (exact) mass is 481 g/mol. The van der Waals surface area contributed by atoms with Crippen molar-refractivity contribution in [2.24, 2.45) is 17.6 Å². The molecule has 1 amide bonds. The molecule has 10 heteroatoms. The molecule has 0 aliphatic heterocycles. The van der Waals surface area contributed by atoms with Crippen LogP contribution in [0, 0.1) is 23.8 Å². The zero-order chi connectivity index (χ0) is 26.0. The smallest absolute Gasteiger partial charge is 0.255 e. The standard InChI is InChI=1S/C25H27N3O7/c1-27(2)8-7-11-5-6-15(29)17-13(11)9-12-10-14-19(28(3)4)21(31)18(24(26)34)23(33)25(14,35)22(32)16(12)20(17)30/h5-6,12,14,19,29-30,33,35H,9-10H2,1-4H3,(H2,26,34)/t12-,14-,19-,25-/m0/s1. The number of nitrogens with zero attached hydrogens (tertiary/aromatic N) is 2. The first kappa shape index (κ1) is 24.3. The molecule has 6 N–H and O–H groups in total. The number of carbonyl (C=O) groups is 3. The molecule has 10 nitrogen and oxygen atoms in total. The summed E-state index contributed by atoms with van der Waals surface area (Å²) in [4.78, 5) is 41.9. The molecule has 1 aromatic rings. The first-order valence-corrected chi connectivity index (χ1v) is 11.0. The number of aromatic hydroxyl groups is 1. The second-order valence-electron chi connectivity index (χ2n) is 9.58. The minimum absolute atomic E-state index is 0.0202. The van der Waals surface area contributed by atoms with Gasteiger partial charge in [-0.3, -0.25) is 19.3 Å². The number of rotatable bonds is 2. The Bertz CT molecular complexity index is 1300. The van der Waals surface area contributed by atoms with Gasteiger partial charge in [-0.2, -0.15) is 0 Å². The molecule has 0 saturated heterocycles. The molecule has 0 unspecified atom stereocenters.